The van der Waals surface area contributed by atoms with Crippen LogP contribution in [0.4, 0.5) is 5.69 Å². The second-order valence-corrected chi connectivity index (χ2v) is 7.85. The molecule has 176 valence electrons. The maximum atomic E-state index is 13.1. The molecule has 4 rings (SSSR count). The van der Waals surface area contributed by atoms with Gasteiger partial charge >= 0.3 is 0 Å². The summed E-state index contributed by atoms with van der Waals surface area (Å²) in [6.07, 6.45) is 3.33. The number of aromatic nitrogens is 2. The molecule has 1 unspecified atom stereocenters. The van der Waals surface area contributed by atoms with Gasteiger partial charge in [0.2, 0.25) is 11.8 Å². The fourth-order valence-corrected chi connectivity index (χ4v) is 3.54. The molecule has 1 atom stereocenters. The van der Waals surface area contributed by atoms with E-state index in [1.807, 2.05) is 30.3 Å². The summed E-state index contributed by atoms with van der Waals surface area (Å²) >= 11 is 0. The number of carbonyl (C=O) groups excluding carboxylic acids is 3. The molecule has 0 radical (unpaired) electrons. The summed E-state index contributed by atoms with van der Waals surface area (Å²) in [6.45, 7) is 0.333. The number of hydrogen-bond acceptors (Lipinski definition) is 4. The van der Waals surface area contributed by atoms with Gasteiger partial charge in [0.1, 0.15) is 12.6 Å². The van der Waals surface area contributed by atoms with Crippen LogP contribution in [0.3, 0.4) is 0 Å². The topological polar surface area (TPSA) is 105 Å². The molecule has 0 spiro atoms. The molecular formula is C27H25N5O3. The Morgan fingerprint density at radius 1 is 0.857 bits per heavy atom. The number of amides is 3. The first kappa shape index (κ1) is 23.4. The highest BCUT2D eigenvalue weighted by Crippen LogP contribution is 2.16. The maximum absolute atomic E-state index is 13.1. The van der Waals surface area contributed by atoms with Crippen LogP contribution in [0.5, 0.6) is 0 Å². The number of carbonyl (C=O) groups is 3. The quantitative estimate of drug-likeness (QED) is 0.351. The van der Waals surface area contributed by atoms with Crippen molar-refractivity contribution < 1.29 is 14.4 Å². The molecule has 8 heteroatoms. The summed E-state index contributed by atoms with van der Waals surface area (Å²) in [7, 11) is 0. The van der Waals surface area contributed by atoms with Crippen molar-refractivity contribution in [2.45, 2.75) is 19.1 Å². The SMILES string of the molecule is O=C(Cn1cccn1)Nc1cccc(CNC(=O)C(NC(=O)c2ccccc2)c2ccccc2)c1. The highest BCUT2D eigenvalue weighted by Gasteiger charge is 2.23. The molecule has 4 aromatic rings. The lowest BCUT2D eigenvalue weighted by Crippen LogP contribution is -2.40. The normalized spacial score (nSPS) is 11.3. The summed E-state index contributed by atoms with van der Waals surface area (Å²) in [5.41, 5.74) is 2.57. The summed E-state index contributed by atoms with van der Waals surface area (Å²) in [4.78, 5) is 38.1. The van der Waals surface area contributed by atoms with Crippen LogP contribution in [0.2, 0.25) is 0 Å². The number of benzene rings is 3. The van der Waals surface area contributed by atoms with Gasteiger partial charge in [-0.1, -0.05) is 60.7 Å². The third-order valence-corrected chi connectivity index (χ3v) is 5.25. The van der Waals surface area contributed by atoms with Gasteiger partial charge in [0.25, 0.3) is 5.91 Å². The van der Waals surface area contributed by atoms with Gasteiger partial charge in [-0.2, -0.15) is 5.10 Å². The number of nitrogens with one attached hydrogen (secondary N) is 3. The summed E-state index contributed by atoms with van der Waals surface area (Å²) in [5, 5.41) is 12.6. The average Bonchev–Trinajstić information content (AvgIpc) is 3.40. The van der Waals surface area contributed by atoms with E-state index in [1.54, 1.807) is 73.1 Å². The van der Waals surface area contributed by atoms with Gasteiger partial charge in [-0.3, -0.25) is 19.1 Å². The highest BCUT2D eigenvalue weighted by molar-refractivity contribution is 5.97. The Kier molecular flexibility index (Phi) is 7.65. The summed E-state index contributed by atoms with van der Waals surface area (Å²) in [5.74, 6) is -0.882. The van der Waals surface area contributed by atoms with Crippen molar-refractivity contribution in [2.24, 2.45) is 0 Å². The highest BCUT2D eigenvalue weighted by atomic mass is 16.2. The van der Waals surface area contributed by atoms with Crippen LogP contribution < -0.4 is 16.0 Å². The molecule has 35 heavy (non-hydrogen) atoms. The summed E-state index contributed by atoms with van der Waals surface area (Å²) in [6, 6.07) is 26.0. The van der Waals surface area contributed by atoms with Crippen LogP contribution >= 0.6 is 0 Å². The standard InChI is InChI=1S/C27H25N5O3/c33-24(19-32-16-8-15-29-32)30-23-14-7-9-20(17-23)18-28-27(35)25(21-10-3-1-4-11-21)31-26(34)22-12-5-2-6-13-22/h1-17,25H,18-19H2,(H,28,35)(H,30,33)(H,31,34). The Hall–Kier alpha value is -4.72. The molecule has 0 aliphatic carbocycles. The molecule has 0 aliphatic rings. The molecule has 1 aromatic heterocycles. The summed E-state index contributed by atoms with van der Waals surface area (Å²) < 4.78 is 1.53. The Labute approximate surface area is 203 Å². The Morgan fingerprint density at radius 2 is 1.60 bits per heavy atom. The van der Waals surface area contributed by atoms with Crippen molar-refractivity contribution in [3.63, 3.8) is 0 Å². The molecular weight excluding hydrogens is 442 g/mol. The first-order valence-electron chi connectivity index (χ1n) is 11.1. The molecule has 0 aliphatic heterocycles. The number of hydrogen-bond donors (Lipinski definition) is 3. The predicted octanol–water partition coefficient (Wildman–Crippen LogP) is 3.31. The van der Waals surface area contributed by atoms with Gasteiger partial charge in [-0.15, -0.1) is 0 Å². The van der Waals surface area contributed by atoms with E-state index in [-0.39, 0.29) is 30.8 Å². The van der Waals surface area contributed by atoms with Gasteiger partial charge in [0, 0.05) is 30.2 Å². The number of nitrogens with zero attached hydrogens (tertiary/aromatic N) is 2. The molecule has 3 N–H and O–H groups in total. The predicted molar refractivity (Wildman–Crippen MR) is 132 cm³/mol. The van der Waals surface area contributed by atoms with Gasteiger partial charge in [-0.05, 0) is 41.5 Å². The van der Waals surface area contributed by atoms with E-state index in [2.05, 4.69) is 21.0 Å². The molecule has 0 fully saturated rings. The van der Waals surface area contributed by atoms with E-state index in [9.17, 15) is 14.4 Å². The van der Waals surface area contributed by atoms with Crippen molar-refractivity contribution in [3.05, 3.63) is 120 Å². The maximum Gasteiger partial charge on any atom is 0.252 e. The molecule has 8 nitrogen and oxygen atoms in total. The van der Waals surface area contributed by atoms with E-state index >= 15 is 0 Å². The van der Waals surface area contributed by atoms with E-state index in [0.717, 1.165) is 5.56 Å². The molecule has 3 amide bonds. The minimum Gasteiger partial charge on any atom is -0.350 e. The van der Waals surface area contributed by atoms with Crippen LogP contribution in [0.25, 0.3) is 0 Å². The van der Waals surface area contributed by atoms with Gasteiger partial charge in [0.15, 0.2) is 0 Å². The third-order valence-electron chi connectivity index (χ3n) is 5.25. The van der Waals surface area contributed by atoms with Crippen molar-refractivity contribution in [1.29, 1.82) is 0 Å². The Bertz CT molecular complexity index is 1270. The minimum absolute atomic E-state index is 0.105. The monoisotopic (exact) mass is 467 g/mol. The third kappa shape index (κ3) is 6.64. The van der Waals surface area contributed by atoms with Crippen LogP contribution in [-0.2, 0) is 22.7 Å². The fourth-order valence-electron chi connectivity index (χ4n) is 3.54. The first-order valence-corrected chi connectivity index (χ1v) is 11.1. The average molecular weight is 468 g/mol. The zero-order chi connectivity index (χ0) is 24.5. The van der Waals surface area contributed by atoms with E-state index in [0.29, 0.717) is 16.8 Å². The molecule has 0 bridgehead atoms. The number of anilines is 1. The van der Waals surface area contributed by atoms with Crippen molar-refractivity contribution >= 4 is 23.4 Å². The minimum atomic E-state index is -0.860. The molecule has 0 saturated heterocycles. The lowest BCUT2D eigenvalue weighted by atomic mass is 10.0. The Balaban J connectivity index is 1.40. The van der Waals surface area contributed by atoms with Crippen molar-refractivity contribution in [1.82, 2.24) is 20.4 Å². The zero-order valence-electron chi connectivity index (χ0n) is 18.9. The van der Waals surface area contributed by atoms with E-state index in [1.165, 1.54) is 4.68 Å². The largest absolute Gasteiger partial charge is 0.350 e. The van der Waals surface area contributed by atoms with Crippen LogP contribution in [0.15, 0.2) is 103 Å². The lowest BCUT2D eigenvalue weighted by Gasteiger charge is -2.19. The van der Waals surface area contributed by atoms with Crippen LogP contribution in [-0.4, -0.2) is 27.5 Å². The molecule has 1 heterocycles. The number of rotatable bonds is 9. The molecule has 3 aromatic carbocycles. The molecule has 0 saturated carbocycles. The zero-order valence-corrected chi connectivity index (χ0v) is 18.9. The second-order valence-electron chi connectivity index (χ2n) is 7.85. The van der Waals surface area contributed by atoms with Gasteiger partial charge in [-0.25, -0.2) is 0 Å². The second kappa shape index (κ2) is 11.4. The van der Waals surface area contributed by atoms with Crippen LogP contribution in [0, 0.1) is 0 Å². The van der Waals surface area contributed by atoms with Gasteiger partial charge in [0.05, 0.1) is 0 Å². The van der Waals surface area contributed by atoms with Crippen LogP contribution in [0.1, 0.15) is 27.5 Å². The fraction of sp³-hybridized carbons (Fsp3) is 0.111. The smallest absolute Gasteiger partial charge is 0.252 e. The van der Waals surface area contributed by atoms with Crippen molar-refractivity contribution in [3.8, 4) is 0 Å². The Morgan fingerprint density at radius 3 is 2.31 bits per heavy atom. The first-order chi connectivity index (χ1) is 17.1. The van der Waals surface area contributed by atoms with E-state index < -0.39 is 6.04 Å². The lowest BCUT2D eigenvalue weighted by molar-refractivity contribution is -0.123. The van der Waals surface area contributed by atoms with E-state index in [4.69, 9.17) is 0 Å². The van der Waals surface area contributed by atoms with Gasteiger partial charge < -0.3 is 16.0 Å². The van der Waals surface area contributed by atoms with Crippen molar-refractivity contribution in [2.75, 3.05) is 5.32 Å².